The van der Waals surface area contributed by atoms with E-state index in [-0.39, 0.29) is 28.0 Å². The molecule has 1 fully saturated rings. The van der Waals surface area contributed by atoms with Crippen molar-refractivity contribution in [2.24, 2.45) is 17.3 Å². The third-order valence-corrected chi connectivity index (χ3v) is 14.6. The molecule has 0 bridgehead atoms. The summed E-state index contributed by atoms with van der Waals surface area (Å²) in [6.07, 6.45) is -5.80. The fourth-order valence-corrected chi connectivity index (χ4v) is 8.75. The van der Waals surface area contributed by atoms with Crippen molar-refractivity contribution in [2.45, 2.75) is 43.5 Å². The molecule has 1 saturated carbocycles. The highest BCUT2D eigenvalue weighted by molar-refractivity contribution is 9.40. The molecule has 1 aliphatic carbocycles. The molecule has 0 radical (unpaired) electrons. The molecule has 1 aromatic heterocycles. The largest absolute Gasteiger partial charge is 0.604 e. The maximum Gasteiger partial charge on any atom is 0.578 e. The number of halogens is 12. The Kier molecular flexibility index (Phi) is 14.5. The van der Waals surface area contributed by atoms with Crippen LogP contribution in [0, 0.1) is 39.9 Å². The molecular weight excluding hydrogens is 1080 g/mol. The number of hydrogen-bond acceptors (Lipinski definition) is 8. The number of nitrogens with two attached hydrogens (primary N) is 1. The average Bonchev–Trinajstić information content (AvgIpc) is 3.53. The van der Waals surface area contributed by atoms with Gasteiger partial charge in [0, 0.05) is 5.56 Å². The van der Waals surface area contributed by atoms with Gasteiger partial charge in [-0.05, 0) is 47.7 Å². The van der Waals surface area contributed by atoms with Gasteiger partial charge in [-0.3, -0.25) is 4.79 Å². The van der Waals surface area contributed by atoms with Crippen LogP contribution in [-0.2, 0) is 26.9 Å². The summed E-state index contributed by atoms with van der Waals surface area (Å²) >= 11 is 22.0. The van der Waals surface area contributed by atoms with Gasteiger partial charge in [0.15, 0.2) is 5.82 Å². The van der Waals surface area contributed by atoms with E-state index in [1.54, 1.807) is 24.3 Å². The summed E-state index contributed by atoms with van der Waals surface area (Å²) in [7, 11) is 0. The normalized spacial score (nSPS) is 17.9. The van der Waals surface area contributed by atoms with E-state index in [0.717, 1.165) is 0 Å². The maximum absolute atomic E-state index is 12.9. The van der Waals surface area contributed by atoms with Gasteiger partial charge in [0.1, 0.15) is 42.6 Å². The summed E-state index contributed by atoms with van der Waals surface area (Å²) in [5, 5.41) is 20.7. The van der Waals surface area contributed by atoms with E-state index in [4.69, 9.17) is 43.7 Å². The van der Waals surface area contributed by atoms with Crippen molar-refractivity contribution < 1.29 is 45.2 Å². The quantitative estimate of drug-likeness (QED) is 0.0793. The van der Waals surface area contributed by atoms with Crippen LogP contribution in [0.3, 0.4) is 0 Å². The third-order valence-electron chi connectivity index (χ3n) is 8.22. The van der Waals surface area contributed by atoms with Gasteiger partial charge in [-0.1, -0.05) is 131 Å². The molecule has 0 aliphatic heterocycles. The van der Waals surface area contributed by atoms with Crippen LogP contribution in [0.15, 0.2) is 71.6 Å². The molecule has 5 atom stereocenters. The molecule has 4 aromatic rings. The first-order valence-electron chi connectivity index (χ1n) is 15.3. The highest BCUT2D eigenvalue weighted by Gasteiger charge is 2.67. The van der Waals surface area contributed by atoms with Crippen LogP contribution in [0.1, 0.15) is 36.8 Å². The van der Waals surface area contributed by atoms with Crippen molar-refractivity contribution in [3.8, 4) is 29.3 Å². The fourth-order valence-electron chi connectivity index (χ4n) is 5.49. The van der Waals surface area contributed by atoms with E-state index in [0.29, 0.717) is 33.9 Å². The standard InChI is InChI=1S/C22H19Br4NO3.C12H4Cl2F6N4OS/c1-21(2)17(19(23)22(24,25)26)18(21)20(28)30-16(12-27)13-7-6-10-15(11-13)29-14-8-4-3-5-9-14;13-5-1-4(11(15,16)17)2-6(14)8(5)24-10(22)9(7(3-21)23-24)26(25)12(18,19)20/h3-11,16-19H,1-2H3;1-2H,22H2/t16-,17-,18+,19?;/m1./s1. The Morgan fingerprint density at radius 3 is 2.07 bits per heavy atom. The predicted octanol–water partition coefficient (Wildman–Crippen LogP) is 11.7. The number of nitriles is 2. The number of alkyl halides is 10. The zero-order valence-corrected chi connectivity index (χ0v) is 36.8. The van der Waals surface area contributed by atoms with Gasteiger partial charge in [-0.2, -0.15) is 23.7 Å². The highest BCUT2D eigenvalue weighted by atomic mass is 80.0. The van der Waals surface area contributed by atoms with Crippen molar-refractivity contribution >= 4 is 110 Å². The third kappa shape index (κ3) is 10.5. The van der Waals surface area contributed by atoms with Crippen LogP contribution in [0.25, 0.3) is 5.69 Å². The van der Waals surface area contributed by atoms with Gasteiger partial charge in [0.2, 0.25) is 16.7 Å². The Bertz CT molecular complexity index is 2160. The van der Waals surface area contributed by atoms with Crippen molar-refractivity contribution in [3.05, 3.63) is 93.6 Å². The number of aromatic nitrogens is 2. The summed E-state index contributed by atoms with van der Waals surface area (Å²) in [5.41, 5.74) is -2.11. The minimum Gasteiger partial charge on any atom is -0.604 e. The number of hydrogen-bond donors (Lipinski definition) is 1. The lowest BCUT2D eigenvalue weighted by molar-refractivity contribution is -0.149. The van der Waals surface area contributed by atoms with Gasteiger partial charge in [-0.15, -0.1) is 18.3 Å². The Balaban J connectivity index is 0.000000251. The van der Waals surface area contributed by atoms with E-state index in [9.17, 15) is 41.0 Å². The van der Waals surface area contributed by atoms with Crippen molar-refractivity contribution in [2.75, 3.05) is 5.73 Å². The molecule has 2 N–H and O–H groups in total. The lowest BCUT2D eigenvalue weighted by Crippen LogP contribution is -2.24. The van der Waals surface area contributed by atoms with E-state index < -0.39 is 68.8 Å². The number of anilines is 1. The van der Waals surface area contributed by atoms with Gasteiger partial charge in [-0.25, -0.2) is 4.68 Å². The molecule has 298 valence electrons. The van der Waals surface area contributed by atoms with Crippen LogP contribution >= 0.6 is 86.9 Å². The van der Waals surface area contributed by atoms with Crippen LogP contribution in [0.4, 0.5) is 32.2 Å². The van der Waals surface area contributed by atoms with Gasteiger partial charge in [0.05, 0.1) is 26.4 Å². The Morgan fingerprint density at radius 2 is 1.57 bits per heavy atom. The number of para-hydroxylation sites is 1. The number of ether oxygens (including phenoxy) is 2. The minimum absolute atomic E-state index is 0.0233. The lowest BCUT2D eigenvalue weighted by Gasteiger charge is -2.21. The number of carbonyl (C=O) groups is 1. The maximum atomic E-state index is 12.9. The molecule has 0 saturated heterocycles. The summed E-state index contributed by atoms with van der Waals surface area (Å²) in [6, 6.07) is 20.7. The number of carbonyl (C=O) groups excluding carboxylic acids is 1. The van der Waals surface area contributed by atoms with Crippen LogP contribution in [0.2, 0.25) is 10.0 Å². The van der Waals surface area contributed by atoms with Crippen LogP contribution in [0.5, 0.6) is 11.5 Å². The zero-order valence-electron chi connectivity index (χ0n) is 28.1. The molecule has 1 aliphatic rings. The zero-order chi connectivity index (χ0) is 42.1. The smallest absolute Gasteiger partial charge is 0.578 e. The summed E-state index contributed by atoms with van der Waals surface area (Å²) in [5.74, 6) is -0.326. The number of esters is 1. The topological polar surface area (TPSA) is 150 Å². The second-order valence-corrected chi connectivity index (χ2v) is 22.4. The molecule has 2 unspecified atom stereocenters. The second-order valence-electron chi connectivity index (χ2n) is 12.3. The van der Waals surface area contributed by atoms with Gasteiger partial charge >= 0.3 is 17.7 Å². The molecule has 9 nitrogen and oxygen atoms in total. The van der Waals surface area contributed by atoms with Crippen LogP contribution < -0.4 is 10.5 Å². The van der Waals surface area contributed by atoms with Crippen molar-refractivity contribution in [1.29, 1.82) is 10.5 Å². The second kappa shape index (κ2) is 17.7. The monoisotopic (exact) mass is 1100 g/mol. The van der Waals surface area contributed by atoms with Gasteiger partial charge in [0.25, 0.3) is 0 Å². The highest BCUT2D eigenvalue weighted by Crippen LogP contribution is 2.66. The summed E-state index contributed by atoms with van der Waals surface area (Å²) in [6.45, 7) is 4.04. The molecule has 3 aromatic carbocycles. The van der Waals surface area contributed by atoms with Crippen LogP contribution in [-0.4, -0.2) is 32.8 Å². The van der Waals surface area contributed by atoms with E-state index in [1.165, 1.54) is 6.07 Å². The van der Waals surface area contributed by atoms with E-state index in [1.807, 2.05) is 44.2 Å². The van der Waals surface area contributed by atoms with Crippen molar-refractivity contribution in [3.63, 3.8) is 0 Å². The number of rotatable bonds is 8. The van der Waals surface area contributed by atoms with E-state index >= 15 is 0 Å². The van der Waals surface area contributed by atoms with E-state index in [2.05, 4.69) is 74.9 Å². The molecule has 0 spiro atoms. The average molecular weight is 1100 g/mol. The van der Waals surface area contributed by atoms with Crippen molar-refractivity contribution in [1.82, 2.24) is 9.78 Å². The first kappa shape index (κ1) is 46.0. The fraction of sp³-hybridized carbons (Fsp3) is 0.294. The first-order valence-corrected chi connectivity index (χ1v) is 20.5. The Hall–Kier alpha value is -2.69. The number of benzene rings is 3. The molecule has 56 heavy (non-hydrogen) atoms. The molecule has 5 rings (SSSR count). The summed E-state index contributed by atoms with van der Waals surface area (Å²) in [4.78, 5) is 11.7. The number of nitrogen functional groups attached to an aromatic ring is 1. The molecule has 1 heterocycles. The lowest BCUT2D eigenvalue weighted by atomic mass is 10.1. The SMILES string of the molecule is CC1(C)[C@H](C(=O)O[C@H](C#N)c2cccc(Oc3ccccc3)c2)[C@@H]1C(Br)C(Br)(Br)Br.N#Cc1nn(-c2c(Cl)cc(C(F)(F)F)cc2Cl)c(N)c1[S+]([O-])C(F)(F)F. The molecule has 0 amide bonds. The summed E-state index contributed by atoms with van der Waals surface area (Å²) < 4.78 is 99.3. The molecular formula is C34H23Br4Cl2F6N5O4S. The minimum atomic E-state index is -5.25. The molecule has 22 heteroatoms. The predicted molar refractivity (Wildman–Crippen MR) is 211 cm³/mol. The Labute approximate surface area is 362 Å². The Morgan fingerprint density at radius 1 is 1.00 bits per heavy atom. The number of nitrogens with zero attached hydrogens (tertiary/aromatic N) is 4. The van der Waals surface area contributed by atoms with Gasteiger partial charge < -0.3 is 19.8 Å². The first-order chi connectivity index (χ1) is 25.8.